The Balaban J connectivity index is 1.54. The number of aromatic amines is 1. The molecule has 0 saturated heterocycles. The third-order valence-corrected chi connectivity index (χ3v) is 6.35. The molecular weight excluding hydrogens is 360 g/mol. The van der Waals surface area contributed by atoms with Crippen molar-refractivity contribution < 1.29 is 14.3 Å². The Labute approximate surface area is 161 Å². The minimum absolute atomic E-state index is 0.204. The van der Waals surface area contributed by atoms with Gasteiger partial charge in [-0.2, -0.15) is 0 Å². The fourth-order valence-electron chi connectivity index (χ4n) is 3.69. The van der Waals surface area contributed by atoms with Gasteiger partial charge in [0.1, 0.15) is 6.04 Å². The molecule has 0 spiro atoms. The number of ether oxygens (including phenoxy) is 1. The average molecular weight is 382 g/mol. The highest BCUT2D eigenvalue weighted by molar-refractivity contribution is 7.14. The Morgan fingerprint density at radius 2 is 2.07 bits per heavy atom. The summed E-state index contributed by atoms with van der Waals surface area (Å²) in [7, 11) is 1.35. The maximum atomic E-state index is 12.8. The number of thiophene rings is 1. The van der Waals surface area contributed by atoms with Crippen LogP contribution in [0.2, 0.25) is 0 Å². The van der Waals surface area contributed by atoms with Gasteiger partial charge in [-0.25, -0.2) is 4.79 Å². The molecular formula is C21H22N2O3S. The molecule has 1 aromatic carbocycles. The summed E-state index contributed by atoms with van der Waals surface area (Å²) in [5.74, 6) is -0.639. The number of hydrogen-bond donors (Lipinski definition) is 2. The first-order valence-electron chi connectivity index (χ1n) is 9.21. The molecule has 1 amide bonds. The second-order valence-corrected chi connectivity index (χ2v) is 8.02. The quantitative estimate of drug-likeness (QED) is 0.662. The Morgan fingerprint density at radius 3 is 2.89 bits per heavy atom. The zero-order valence-electron chi connectivity index (χ0n) is 15.2. The zero-order chi connectivity index (χ0) is 18.8. The third-order valence-electron chi connectivity index (χ3n) is 5.11. The number of methoxy groups -OCH3 is 1. The van der Waals surface area contributed by atoms with Crippen LogP contribution < -0.4 is 5.32 Å². The summed E-state index contributed by atoms with van der Waals surface area (Å²) in [6, 6.07) is 9.17. The monoisotopic (exact) mass is 382 g/mol. The van der Waals surface area contributed by atoms with Gasteiger partial charge >= 0.3 is 5.97 Å². The van der Waals surface area contributed by atoms with Crippen LogP contribution >= 0.6 is 11.3 Å². The van der Waals surface area contributed by atoms with Crippen LogP contribution in [-0.4, -0.2) is 30.0 Å². The zero-order valence-corrected chi connectivity index (χ0v) is 16.0. The number of para-hydroxylation sites is 1. The summed E-state index contributed by atoms with van der Waals surface area (Å²) >= 11 is 1.54. The maximum absolute atomic E-state index is 12.8. The number of H-pyrrole nitrogens is 1. The second kappa shape index (κ2) is 7.56. The number of aryl methyl sites for hydroxylation is 2. The molecule has 2 aromatic heterocycles. The van der Waals surface area contributed by atoms with E-state index in [1.807, 2.05) is 36.5 Å². The van der Waals surface area contributed by atoms with Gasteiger partial charge in [0.15, 0.2) is 0 Å². The molecule has 27 heavy (non-hydrogen) atoms. The Hall–Kier alpha value is -2.60. The molecule has 1 atom stereocenters. The van der Waals surface area contributed by atoms with Crippen LogP contribution in [0.25, 0.3) is 10.9 Å². The standard InChI is InChI=1S/C21H22N2O3S/c1-26-21(25)17(10-14-12-22-16-8-4-3-7-15(14)16)23-20(24)19-11-13-6-2-5-9-18(13)27-19/h3-4,7-8,11-12,17,22H,2,5-6,9-10H2,1H3,(H,23,24). The topological polar surface area (TPSA) is 71.2 Å². The van der Waals surface area contributed by atoms with E-state index in [1.165, 1.54) is 30.4 Å². The largest absolute Gasteiger partial charge is 0.467 e. The van der Waals surface area contributed by atoms with E-state index < -0.39 is 12.0 Å². The fourth-order valence-corrected chi connectivity index (χ4v) is 4.84. The summed E-state index contributed by atoms with van der Waals surface area (Å²) in [6.45, 7) is 0. The number of carbonyl (C=O) groups is 2. The third kappa shape index (κ3) is 3.62. The highest BCUT2D eigenvalue weighted by Gasteiger charge is 2.25. The predicted molar refractivity (Wildman–Crippen MR) is 106 cm³/mol. The van der Waals surface area contributed by atoms with E-state index in [4.69, 9.17) is 4.74 Å². The SMILES string of the molecule is COC(=O)C(Cc1c[nH]c2ccccc12)NC(=O)c1cc2c(s1)CCCC2. The molecule has 0 radical (unpaired) electrons. The normalized spacial score (nSPS) is 14.6. The number of hydrogen-bond acceptors (Lipinski definition) is 4. The van der Waals surface area contributed by atoms with E-state index >= 15 is 0 Å². The highest BCUT2D eigenvalue weighted by Crippen LogP contribution is 2.29. The smallest absolute Gasteiger partial charge is 0.328 e. The van der Waals surface area contributed by atoms with Gasteiger partial charge in [-0.15, -0.1) is 11.3 Å². The molecule has 5 nitrogen and oxygen atoms in total. The predicted octanol–water partition coefficient (Wildman–Crippen LogP) is 3.62. The lowest BCUT2D eigenvalue weighted by Gasteiger charge is -2.15. The summed E-state index contributed by atoms with van der Waals surface area (Å²) < 4.78 is 4.93. The summed E-state index contributed by atoms with van der Waals surface area (Å²) in [4.78, 5) is 30.2. The number of esters is 1. The van der Waals surface area contributed by atoms with Crippen molar-refractivity contribution in [3.63, 3.8) is 0 Å². The molecule has 140 valence electrons. The summed E-state index contributed by atoms with van der Waals surface area (Å²) in [5, 5.41) is 3.93. The van der Waals surface area contributed by atoms with Crippen LogP contribution in [0, 0.1) is 0 Å². The van der Waals surface area contributed by atoms with Gasteiger partial charge in [0, 0.05) is 28.4 Å². The van der Waals surface area contributed by atoms with E-state index in [2.05, 4.69) is 10.3 Å². The number of rotatable bonds is 5. The number of aromatic nitrogens is 1. The number of amides is 1. The Kier molecular flexibility index (Phi) is 4.99. The van der Waals surface area contributed by atoms with Gasteiger partial charge in [0.05, 0.1) is 12.0 Å². The summed E-state index contributed by atoms with van der Waals surface area (Å²) in [6.07, 6.45) is 6.71. The van der Waals surface area contributed by atoms with Crippen LogP contribution in [0.1, 0.15) is 38.5 Å². The van der Waals surface area contributed by atoms with E-state index in [0.717, 1.165) is 29.3 Å². The Morgan fingerprint density at radius 1 is 1.26 bits per heavy atom. The highest BCUT2D eigenvalue weighted by atomic mass is 32.1. The molecule has 1 aliphatic rings. The van der Waals surface area contributed by atoms with Crippen molar-refractivity contribution in [2.75, 3.05) is 7.11 Å². The van der Waals surface area contributed by atoms with Gasteiger partial charge in [0.25, 0.3) is 5.91 Å². The van der Waals surface area contributed by atoms with Crippen molar-refractivity contribution in [2.45, 2.75) is 38.1 Å². The molecule has 3 aromatic rings. The first kappa shape index (κ1) is 17.8. The average Bonchev–Trinajstić information content (AvgIpc) is 3.31. The first-order valence-corrected chi connectivity index (χ1v) is 10.0. The number of benzene rings is 1. The molecule has 0 aliphatic heterocycles. The van der Waals surface area contributed by atoms with Crippen molar-refractivity contribution in [1.82, 2.24) is 10.3 Å². The second-order valence-electron chi connectivity index (χ2n) is 6.88. The molecule has 2 heterocycles. The molecule has 0 saturated carbocycles. The number of nitrogens with one attached hydrogen (secondary N) is 2. The molecule has 2 N–H and O–H groups in total. The van der Waals surface area contributed by atoms with Gasteiger partial charge < -0.3 is 15.0 Å². The van der Waals surface area contributed by atoms with Gasteiger partial charge in [0.2, 0.25) is 0 Å². The lowest BCUT2D eigenvalue weighted by molar-refractivity contribution is -0.142. The van der Waals surface area contributed by atoms with E-state index in [9.17, 15) is 9.59 Å². The van der Waals surface area contributed by atoms with Gasteiger partial charge in [-0.1, -0.05) is 18.2 Å². The van der Waals surface area contributed by atoms with Crippen LogP contribution in [0.3, 0.4) is 0 Å². The number of fused-ring (bicyclic) bond motifs is 2. The van der Waals surface area contributed by atoms with Crippen molar-refractivity contribution in [3.05, 3.63) is 57.4 Å². The first-order chi connectivity index (χ1) is 13.2. The van der Waals surface area contributed by atoms with Gasteiger partial charge in [-0.05, 0) is 48.9 Å². The lowest BCUT2D eigenvalue weighted by Crippen LogP contribution is -2.42. The molecule has 0 bridgehead atoms. The van der Waals surface area contributed by atoms with Gasteiger partial charge in [-0.3, -0.25) is 4.79 Å². The maximum Gasteiger partial charge on any atom is 0.328 e. The lowest BCUT2D eigenvalue weighted by atomic mass is 9.99. The van der Waals surface area contributed by atoms with E-state index in [1.54, 1.807) is 11.3 Å². The van der Waals surface area contributed by atoms with Crippen molar-refractivity contribution in [3.8, 4) is 0 Å². The van der Waals surface area contributed by atoms with Crippen molar-refractivity contribution >= 4 is 34.1 Å². The number of carbonyl (C=O) groups excluding carboxylic acids is 2. The fraction of sp³-hybridized carbons (Fsp3) is 0.333. The van der Waals surface area contributed by atoms with Crippen LogP contribution in [0.5, 0.6) is 0 Å². The molecule has 1 aliphatic carbocycles. The molecule has 0 fully saturated rings. The molecule has 4 rings (SSSR count). The molecule has 1 unspecified atom stereocenters. The van der Waals surface area contributed by atoms with E-state index in [0.29, 0.717) is 11.3 Å². The van der Waals surface area contributed by atoms with E-state index in [-0.39, 0.29) is 5.91 Å². The Bertz CT molecular complexity index is 965. The van der Waals surface area contributed by atoms with Crippen LogP contribution in [-0.2, 0) is 28.8 Å². The van der Waals surface area contributed by atoms with Crippen LogP contribution in [0.15, 0.2) is 36.5 Å². The minimum Gasteiger partial charge on any atom is -0.467 e. The van der Waals surface area contributed by atoms with Crippen LogP contribution in [0.4, 0.5) is 0 Å². The van der Waals surface area contributed by atoms with Crippen molar-refractivity contribution in [2.24, 2.45) is 0 Å². The summed E-state index contributed by atoms with van der Waals surface area (Å²) in [5.41, 5.74) is 3.27. The molecule has 6 heteroatoms. The minimum atomic E-state index is -0.721. The van der Waals surface area contributed by atoms with Crippen molar-refractivity contribution in [1.29, 1.82) is 0 Å².